The van der Waals surface area contributed by atoms with Gasteiger partial charge in [-0.1, -0.05) is 6.07 Å². The van der Waals surface area contributed by atoms with E-state index in [1.165, 1.54) is 10.0 Å². The average Bonchev–Trinajstić information content (AvgIpc) is 2.26. The second kappa shape index (κ2) is 3.84. The molecule has 6 heteroatoms. The fourth-order valence-electron chi connectivity index (χ4n) is 1.45. The van der Waals surface area contributed by atoms with Crippen molar-refractivity contribution in [1.29, 1.82) is 0 Å². The molecule has 0 bridgehead atoms. The Morgan fingerprint density at radius 1 is 1.33 bits per heavy atom. The Kier molecular flexibility index (Phi) is 2.53. The SMILES string of the molecule is CN1NC(c2cccnc2)NN(C)C1=O. The first-order valence-electron chi connectivity index (χ1n) is 4.62. The first-order chi connectivity index (χ1) is 7.18. The van der Waals surface area contributed by atoms with Crippen molar-refractivity contribution in [3.8, 4) is 0 Å². The summed E-state index contributed by atoms with van der Waals surface area (Å²) < 4.78 is 0. The molecular formula is C9H13N5O. The fourth-order valence-corrected chi connectivity index (χ4v) is 1.45. The van der Waals surface area contributed by atoms with Crippen LogP contribution >= 0.6 is 0 Å². The number of hydrogen-bond donors (Lipinski definition) is 2. The Balaban J connectivity index is 2.16. The molecule has 0 saturated carbocycles. The minimum absolute atomic E-state index is 0.129. The molecule has 1 fully saturated rings. The summed E-state index contributed by atoms with van der Waals surface area (Å²) in [5.41, 5.74) is 6.98. The number of hydrazine groups is 2. The number of carbonyl (C=O) groups excluding carboxylic acids is 1. The standard InChI is InChI=1S/C9H13N5O/c1-13-9(15)14(2)12-8(11-13)7-4-3-5-10-6-7/h3-6,8,11-12H,1-2H3. The first-order valence-corrected chi connectivity index (χ1v) is 4.62. The number of pyridine rings is 1. The van der Waals surface area contributed by atoms with Gasteiger partial charge in [0.2, 0.25) is 0 Å². The van der Waals surface area contributed by atoms with Gasteiger partial charge < -0.3 is 0 Å². The lowest BCUT2D eigenvalue weighted by molar-refractivity contribution is 0.0579. The minimum atomic E-state index is -0.133. The number of nitrogens with zero attached hydrogens (tertiary/aromatic N) is 3. The Morgan fingerprint density at radius 2 is 2.00 bits per heavy atom. The third-order valence-corrected chi connectivity index (χ3v) is 2.24. The monoisotopic (exact) mass is 207 g/mol. The summed E-state index contributed by atoms with van der Waals surface area (Å²) in [4.78, 5) is 15.4. The van der Waals surface area contributed by atoms with Gasteiger partial charge in [0.25, 0.3) is 0 Å². The summed E-state index contributed by atoms with van der Waals surface area (Å²) >= 11 is 0. The van der Waals surface area contributed by atoms with Gasteiger partial charge in [-0.3, -0.25) is 15.0 Å². The molecule has 1 aromatic rings. The van der Waals surface area contributed by atoms with E-state index in [0.29, 0.717) is 0 Å². The molecule has 0 radical (unpaired) electrons. The van der Waals surface area contributed by atoms with Crippen LogP contribution in [-0.4, -0.2) is 35.1 Å². The van der Waals surface area contributed by atoms with Crippen LogP contribution < -0.4 is 10.9 Å². The fraction of sp³-hybridized carbons (Fsp3) is 0.333. The summed E-state index contributed by atoms with van der Waals surface area (Å²) in [7, 11) is 3.37. The van der Waals surface area contributed by atoms with E-state index in [1.54, 1.807) is 26.5 Å². The molecule has 0 atom stereocenters. The number of carbonyl (C=O) groups is 1. The molecule has 15 heavy (non-hydrogen) atoms. The number of urea groups is 1. The number of nitrogens with one attached hydrogen (secondary N) is 2. The molecule has 0 aromatic carbocycles. The third kappa shape index (κ3) is 1.90. The maximum atomic E-state index is 11.4. The first kappa shape index (κ1) is 9.88. The number of aromatic nitrogens is 1. The zero-order valence-electron chi connectivity index (χ0n) is 8.64. The maximum Gasteiger partial charge on any atom is 0.348 e. The molecule has 2 amide bonds. The second-order valence-electron chi connectivity index (χ2n) is 3.38. The predicted octanol–water partition coefficient (Wildman–Crippen LogP) is 0.0866. The number of hydrogen-bond acceptors (Lipinski definition) is 4. The summed E-state index contributed by atoms with van der Waals surface area (Å²) in [6.45, 7) is 0. The van der Waals surface area contributed by atoms with E-state index in [9.17, 15) is 4.79 Å². The molecule has 2 rings (SSSR count). The highest BCUT2D eigenvalue weighted by molar-refractivity contribution is 5.73. The van der Waals surface area contributed by atoms with Crippen molar-refractivity contribution in [2.75, 3.05) is 14.1 Å². The van der Waals surface area contributed by atoms with E-state index in [4.69, 9.17) is 0 Å². The molecule has 1 aromatic heterocycles. The van der Waals surface area contributed by atoms with Crippen molar-refractivity contribution >= 4 is 6.03 Å². The van der Waals surface area contributed by atoms with Crippen LogP contribution in [0.2, 0.25) is 0 Å². The van der Waals surface area contributed by atoms with E-state index >= 15 is 0 Å². The molecule has 0 unspecified atom stereocenters. The Hall–Kier alpha value is -1.66. The highest BCUT2D eigenvalue weighted by Crippen LogP contribution is 2.12. The minimum Gasteiger partial charge on any atom is -0.264 e. The number of amides is 2. The van der Waals surface area contributed by atoms with Crippen molar-refractivity contribution in [2.24, 2.45) is 0 Å². The zero-order valence-corrected chi connectivity index (χ0v) is 8.64. The summed E-state index contributed by atoms with van der Waals surface area (Å²) in [6, 6.07) is 3.67. The third-order valence-electron chi connectivity index (χ3n) is 2.24. The molecule has 0 spiro atoms. The molecule has 0 aliphatic carbocycles. The molecule has 2 heterocycles. The lowest BCUT2D eigenvalue weighted by atomic mass is 10.2. The quantitative estimate of drug-likeness (QED) is 0.685. The van der Waals surface area contributed by atoms with Gasteiger partial charge in [-0.25, -0.2) is 15.6 Å². The molecule has 80 valence electrons. The summed E-state index contributed by atoms with van der Waals surface area (Å²) in [5, 5.41) is 2.88. The van der Waals surface area contributed by atoms with Crippen LogP contribution in [0.25, 0.3) is 0 Å². The van der Waals surface area contributed by atoms with E-state index in [-0.39, 0.29) is 12.2 Å². The summed E-state index contributed by atoms with van der Waals surface area (Å²) in [5.74, 6) is 0. The van der Waals surface area contributed by atoms with Crippen LogP contribution in [-0.2, 0) is 0 Å². The maximum absolute atomic E-state index is 11.4. The van der Waals surface area contributed by atoms with Gasteiger partial charge in [-0.15, -0.1) is 0 Å². The van der Waals surface area contributed by atoms with Crippen molar-refractivity contribution in [3.63, 3.8) is 0 Å². The lowest BCUT2D eigenvalue weighted by Gasteiger charge is -2.37. The Morgan fingerprint density at radius 3 is 2.53 bits per heavy atom. The lowest BCUT2D eigenvalue weighted by Crippen LogP contribution is -2.62. The Bertz CT molecular complexity index is 341. The van der Waals surface area contributed by atoms with E-state index < -0.39 is 0 Å². The van der Waals surface area contributed by atoms with Crippen molar-refractivity contribution in [1.82, 2.24) is 25.9 Å². The number of rotatable bonds is 1. The van der Waals surface area contributed by atoms with Gasteiger partial charge in [0.1, 0.15) is 6.17 Å². The van der Waals surface area contributed by atoms with Crippen molar-refractivity contribution in [3.05, 3.63) is 30.1 Å². The van der Waals surface area contributed by atoms with Gasteiger partial charge in [0.05, 0.1) is 0 Å². The second-order valence-corrected chi connectivity index (χ2v) is 3.38. The molecular weight excluding hydrogens is 194 g/mol. The van der Waals surface area contributed by atoms with Crippen LogP contribution in [0.3, 0.4) is 0 Å². The van der Waals surface area contributed by atoms with Crippen LogP contribution in [0.15, 0.2) is 24.5 Å². The zero-order chi connectivity index (χ0) is 10.8. The van der Waals surface area contributed by atoms with Gasteiger partial charge in [-0.2, -0.15) is 0 Å². The molecule has 1 aliphatic heterocycles. The predicted molar refractivity (Wildman–Crippen MR) is 54.2 cm³/mol. The van der Waals surface area contributed by atoms with Crippen LogP contribution in [0.5, 0.6) is 0 Å². The van der Waals surface area contributed by atoms with Crippen LogP contribution in [0, 0.1) is 0 Å². The molecule has 1 saturated heterocycles. The highest BCUT2D eigenvalue weighted by Gasteiger charge is 2.26. The molecule has 6 nitrogen and oxygen atoms in total. The smallest absolute Gasteiger partial charge is 0.264 e. The van der Waals surface area contributed by atoms with Gasteiger partial charge in [0, 0.05) is 32.1 Å². The van der Waals surface area contributed by atoms with Crippen molar-refractivity contribution in [2.45, 2.75) is 6.17 Å². The van der Waals surface area contributed by atoms with Gasteiger partial charge >= 0.3 is 6.03 Å². The molecule has 1 aliphatic rings. The normalized spacial score (nSPS) is 18.4. The molecule has 2 N–H and O–H groups in total. The highest BCUT2D eigenvalue weighted by atomic mass is 16.2. The largest absolute Gasteiger partial charge is 0.348 e. The van der Waals surface area contributed by atoms with Gasteiger partial charge in [-0.05, 0) is 6.07 Å². The van der Waals surface area contributed by atoms with E-state index in [1.807, 2.05) is 12.1 Å². The van der Waals surface area contributed by atoms with Crippen LogP contribution in [0.1, 0.15) is 11.7 Å². The van der Waals surface area contributed by atoms with Gasteiger partial charge in [0.15, 0.2) is 0 Å². The Labute approximate surface area is 87.8 Å². The summed E-state index contributed by atoms with van der Waals surface area (Å²) in [6.07, 6.45) is 3.33. The van der Waals surface area contributed by atoms with E-state index in [2.05, 4.69) is 15.8 Å². The average molecular weight is 207 g/mol. The van der Waals surface area contributed by atoms with Crippen LogP contribution in [0.4, 0.5) is 4.79 Å². The topological polar surface area (TPSA) is 60.5 Å². The van der Waals surface area contributed by atoms with E-state index in [0.717, 1.165) is 5.56 Å². The van der Waals surface area contributed by atoms with Crippen molar-refractivity contribution < 1.29 is 4.79 Å².